The van der Waals surface area contributed by atoms with Crippen molar-refractivity contribution in [3.8, 4) is 0 Å². The fraction of sp³-hybridized carbons (Fsp3) is 0.804. The largest absolute Gasteiger partial charge is 0.394 e. The third kappa shape index (κ3) is 35.7. The summed E-state index contributed by atoms with van der Waals surface area (Å²) in [6, 6.07) is -0.832. The minimum Gasteiger partial charge on any atom is -0.394 e. The molecule has 0 radical (unpaired) electrons. The van der Waals surface area contributed by atoms with E-state index in [9.17, 15) is 30.3 Å². The molecule has 6 N–H and O–H groups in total. The Bertz CT molecular complexity index is 1200. The molecule has 1 rings (SSSR count). The van der Waals surface area contributed by atoms with E-state index in [1.807, 2.05) is 6.08 Å². The average molecular weight is 916 g/mol. The number of hydrogen-bond acceptors (Lipinski definition) is 8. The van der Waals surface area contributed by atoms with Gasteiger partial charge in [0.25, 0.3) is 0 Å². The van der Waals surface area contributed by atoms with Gasteiger partial charge in [-0.15, -0.1) is 0 Å². The Morgan fingerprint density at radius 3 is 1.42 bits per heavy atom. The fourth-order valence-electron chi connectivity index (χ4n) is 8.24. The van der Waals surface area contributed by atoms with Gasteiger partial charge in [0.05, 0.1) is 25.4 Å². The van der Waals surface area contributed by atoms with Gasteiger partial charge in [0.2, 0.25) is 5.91 Å². The molecule has 378 valence electrons. The minimum absolute atomic E-state index is 0.195. The first-order chi connectivity index (χ1) is 31.8. The summed E-state index contributed by atoms with van der Waals surface area (Å²) in [5.41, 5.74) is 0. The van der Waals surface area contributed by atoms with E-state index >= 15 is 0 Å². The Labute approximate surface area is 398 Å². The first-order valence-corrected chi connectivity index (χ1v) is 27.0. The Balaban J connectivity index is 2.31. The van der Waals surface area contributed by atoms with Crippen LogP contribution in [-0.2, 0) is 14.3 Å². The van der Waals surface area contributed by atoms with E-state index < -0.39 is 49.5 Å². The van der Waals surface area contributed by atoms with E-state index in [-0.39, 0.29) is 12.5 Å². The molecule has 0 spiro atoms. The van der Waals surface area contributed by atoms with Gasteiger partial charge >= 0.3 is 0 Å². The summed E-state index contributed by atoms with van der Waals surface area (Å²) in [4.78, 5) is 13.0. The zero-order valence-corrected chi connectivity index (χ0v) is 41.7. The highest BCUT2D eigenvalue weighted by Gasteiger charge is 2.44. The summed E-state index contributed by atoms with van der Waals surface area (Å²) in [5, 5.41) is 54.4. The monoisotopic (exact) mass is 916 g/mol. The van der Waals surface area contributed by atoms with Gasteiger partial charge < -0.3 is 40.3 Å². The van der Waals surface area contributed by atoms with Gasteiger partial charge in [-0.3, -0.25) is 4.79 Å². The predicted molar refractivity (Wildman–Crippen MR) is 272 cm³/mol. The van der Waals surface area contributed by atoms with Crippen LogP contribution in [0.4, 0.5) is 0 Å². The topological polar surface area (TPSA) is 149 Å². The maximum Gasteiger partial charge on any atom is 0.220 e. The summed E-state index contributed by atoms with van der Waals surface area (Å²) in [5.74, 6) is -0.195. The number of rotatable bonds is 45. The number of aliphatic hydroxyl groups excluding tert-OH is 5. The molecule has 0 aromatic heterocycles. The van der Waals surface area contributed by atoms with Crippen molar-refractivity contribution in [2.45, 2.75) is 275 Å². The molecule has 0 aromatic rings. The standard InChI is InChI=1S/C56H101NO8/c1-3-5-7-9-11-13-15-17-19-21-23-24-25-26-28-29-31-33-35-37-39-41-43-45-50(59)49(48-64-56-55(63)54(62)53(61)51(47-58)65-56)57-52(60)46-44-42-40-38-36-34-32-30-27-22-20-18-16-14-12-10-8-6-4-2/h12,14,16,18,28-29,35,37,43,45,49-51,53-56,58-59,61-63H,3-11,13,15,17,19-27,30-34,36,38-42,44,46-48H2,1-2H3,(H,57,60)/b14-12-,18-16-,29-28+,37-35+,45-43+. The van der Waals surface area contributed by atoms with Crippen molar-refractivity contribution in [2.75, 3.05) is 13.2 Å². The molecule has 1 aliphatic rings. The molecule has 7 unspecified atom stereocenters. The molecular weight excluding hydrogens is 815 g/mol. The van der Waals surface area contributed by atoms with Crippen molar-refractivity contribution in [2.24, 2.45) is 0 Å². The zero-order valence-electron chi connectivity index (χ0n) is 41.7. The van der Waals surface area contributed by atoms with Gasteiger partial charge in [-0.1, -0.05) is 216 Å². The number of allylic oxidation sites excluding steroid dienone is 9. The molecule has 1 fully saturated rings. The summed E-state index contributed by atoms with van der Waals surface area (Å²) < 4.78 is 11.2. The van der Waals surface area contributed by atoms with Crippen LogP contribution >= 0.6 is 0 Å². The van der Waals surface area contributed by atoms with Gasteiger partial charge in [-0.05, 0) is 70.6 Å². The van der Waals surface area contributed by atoms with Crippen molar-refractivity contribution < 1.29 is 39.8 Å². The minimum atomic E-state index is -1.58. The SMILES string of the molecule is CCCCC/C=C\C=C/CCCCCCCCCCCCC(=O)NC(COC1OC(CO)C(O)C(O)C1O)C(O)/C=C/CC/C=C/CC/C=C/CCCCCCCCCCCCCCC. The lowest BCUT2D eigenvalue weighted by Crippen LogP contribution is -2.60. The van der Waals surface area contributed by atoms with Crippen molar-refractivity contribution in [3.05, 3.63) is 60.8 Å². The summed E-state index contributed by atoms with van der Waals surface area (Å²) >= 11 is 0. The number of nitrogens with one attached hydrogen (secondary N) is 1. The number of amides is 1. The first kappa shape index (κ1) is 60.9. The molecule has 0 saturated carbocycles. The highest BCUT2D eigenvalue weighted by molar-refractivity contribution is 5.76. The lowest BCUT2D eigenvalue weighted by molar-refractivity contribution is -0.302. The van der Waals surface area contributed by atoms with E-state index in [1.54, 1.807) is 6.08 Å². The number of hydrogen-bond donors (Lipinski definition) is 6. The number of aliphatic hydroxyl groups is 5. The molecule has 65 heavy (non-hydrogen) atoms. The highest BCUT2D eigenvalue weighted by atomic mass is 16.7. The highest BCUT2D eigenvalue weighted by Crippen LogP contribution is 2.23. The van der Waals surface area contributed by atoms with E-state index in [4.69, 9.17) is 9.47 Å². The third-order valence-corrected chi connectivity index (χ3v) is 12.6. The lowest BCUT2D eigenvalue weighted by atomic mass is 9.99. The number of unbranched alkanes of at least 4 members (excludes halogenated alkanes) is 28. The Kier molecular flexibility index (Phi) is 42.8. The zero-order chi connectivity index (χ0) is 47.3. The van der Waals surface area contributed by atoms with Crippen LogP contribution in [0.25, 0.3) is 0 Å². The number of carbonyl (C=O) groups is 1. The van der Waals surface area contributed by atoms with Crippen LogP contribution in [0.3, 0.4) is 0 Å². The molecule has 0 aliphatic carbocycles. The smallest absolute Gasteiger partial charge is 0.220 e. The summed E-state index contributed by atoms with van der Waals surface area (Å²) in [6.45, 7) is 3.73. The van der Waals surface area contributed by atoms with Gasteiger partial charge in [0, 0.05) is 6.42 Å². The van der Waals surface area contributed by atoms with Crippen molar-refractivity contribution >= 4 is 5.91 Å². The number of ether oxygens (including phenoxy) is 2. The van der Waals surface area contributed by atoms with Crippen molar-refractivity contribution in [1.82, 2.24) is 5.32 Å². The average Bonchev–Trinajstić information content (AvgIpc) is 3.31. The van der Waals surface area contributed by atoms with Crippen LogP contribution < -0.4 is 5.32 Å². The summed E-state index contributed by atoms with van der Waals surface area (Å²) in [7, 11) is 0. The Hall–Kier alpha value is -2.11. The fourth-order valence-corrected chi connectivity index (χ4v) is 8.24. The van der Waals surface area contributed by atoms with Crippen LogP contribution in [0.2, 0.25) is 0 Å². The maximum absolute atomic E-state index is 13.0. The molecule has 0 bridgehead atoms. The molecule has 1 amide bonds. The van der Waals surface area contributed by atoms with E-state index in [0.29, 0.717) is 6.42 Å². The number of carbonyl (C=O) groups excluding carboxylic acids is 1. The molecule has 7 atom stereocenters. The normalized spacial score (nSPS) is 20.4. The second-order valence-corrected chi connectivity index (χ2v) is 18.7. The quantitative estimate of drug-likeness (QED) is 0.0201. The molecule has 0 aromatic carbocycles. The first-order valence-electron chi connectivity index (χ1n) is 27.0. The molecule has 1 saturated heterocycles. The van der Waals surface area contributed by atoms with E-state index in [2.05, 4.69) is 67.8 Å². The van der Waals surface area contributed by atoms with Crippen LogP contribution in [0, 0.1) is 0 Å². The molecule has 9 heteroatoms. The second kappa shape index (κ2) is 45.7. The van der Waals surface area contributed by atoms with Gasteiger partial charge in [0.15, 0.2) is 6.29 Å². The van der Waals surface area contributed by atoms with Gasteiger partial charge in [-0.2, -0.15) is 0 Å². The van der Waals surface area contributed by atoms with Crippen LogP contribution in [0.1, 0.15) is 232 Å². The van der Waals surface area contributed by atoms with Crippen LogP contribution in [0.15, 0.2) is 60.8 Å². The Morgan fingerprint density at radius 2 is 0.923 bits per heavy atom. The van der Waals surface area contributed by atoms with E-state index in [1.165, 1.54) is 161 Å². The lowest BCUT2D eigenvalue weighted by Gasteiger charge is -2.40. The second-order valence-electron chi connectivity index (χ2n) is 18.7. The predicted octanol–water partition coefficient (Wildman–Crippen LogP) is 12.7. The third-order valence-electron chi connectivity index (χ3n) is 12.6. The van der Waals surface area contributed by atoms with Crippen molar-refractivity contribution in [1.29, 1.82) is 0 Å². The van der Waals surface area contributed by atoms with Crippen LogP contribution in [-0.4, -0.2) is 87.5 Å². The van der Waals surface area contributed by atoms with Crippen LogP contribution in [0.5, 0.6) is 0 Å². The molecular formula is C56H101NO8. The Morgan fingerprint density at radius 1 is 0.523 bits per heavy atom. The molecule has 1 aliphatic heterocycles. The maximum atomic E-state index is 13.0. The molecule has 9 nitrogen and oxygen atoms in total. The summed E-state index contributed by atoms with van der Waals surface area (Å²) in [6.07, 6.45) is 54.2. The molecule has 1 heterocycles. The van der Waals surface area contributed by atoms with Gasteiger partial charge in [-0.25, -0.2) is 0 Å². The van der Waals surface area contributed by atoms with Gasteiger partial charge in [0.1, 0.15) is 24.4 Å². The van der Waals surface area contributed by atoms with E-state index in [0.717, 1.165) is 51.4 Å². The van der Waals surface area contributed by atoms with Crippen molar-refractivity contribution in [3.63, 3.8) is 0 Å².